The summed E-state index contributed by atoms with van der Waals surface area (Å²) in [6.07, 6.45) is 1.70. The lowest BCUT2D eigenvalue weighted by atomic mass is 10.2. The number of nitrogens with one attached hydrogen (secondary N) is 2. The number of halogens is 2. The Morgan fingerprint density at radius 3 is 2.88 bits per heavy atom. The Labute approximate surface area is 143 Å². The van der Waals surface area contributed by atoms with Crippen LogP contribution in [0.15, 0.2) is 24.4 Å². The SMILES string of the molecule is Cn1ncc2c(NCc3ccc(F)c(Cl)c3)nc(NCCN)nc21. The number of hydrogen-bond acceptors (Lipinski definition) is 6. The number of rotatable bonds is 6. The second kappa shape index (κ2) is 6.98. The summed E-state index contributed by atoms with van der Waals surface area (Å²) in [7, 11) is 1.81. The van der Waals surface area contributed by atoms with Crippen LogP contribution in [-0.2, 0) is 13.6 Å². The van der Waals surface area contributed by atoms with Gasteiger partial charge >= 0.3 is 0 Å². The fourth-order valence-electron chi connectivity index (χ4n) is 2.26. The number of nitrogens with zero attached hydrogens (tertiary/aromatic N) is 4. The molecule has 3 aromatic rings. The van der Waals surface area contributed by atoms with Gasteiger partial charge in [0.05, 0.1) is 16.6 Å². The second-order valence-corrected chi connectivity index (χ2v) is 5.63. The minimum Gasteiger partial charge on any atom is -0.365 e. The largest absolute Gasteiger partial charge is 0.365 e. The van der Waals surface area contributed by atoms with Gasteiger partial charge in [0.2, 0.25) is 5.95 Å². The summed E-state index contributed by atoms with van der Waals surface area (Å²) in [6.45, 7) is 1.48. The number of benzene rings is 1. The lowest BCUT2D eigenvalue weighted by Crippen LogP contribution is -2.15. The van der Waals surface area contributed by atoms with Gasteiger partial charge in [-0.25, -0.2) is 4.39 Å². The first-order valence-corrected chi connectivity index (χ1v) is 7.77. The van der Waals surface area contributed by atoms with Crippen LogP contribution in [0.3, 0.4) is 0 Å². The molecule has 0 unspecified atom stereocenters. The van der Waals surface area contributed by atoms with E-state index in [1.165, 1.54) is 6.07 Å². The molecule has 0 saturated carbocycles. The van der Waals surface area contributed by atoms with Gasteiger partial charge in [0, 0.05) is 26.7 Å². The first-order valence-electron chi connectivity index (χ1n) is 7.40. The summed E-state index contributed by atoms with van der Waals surface area (Å²) in [4.78, 5) is 8.88. The first kappa shape index (κ1) is 16.4. The third-order valence-corrected chi connectivity index (χ3v) is 3.75. The Kier molecular flexibility index (Phi) is 4.77. The van der Waals surface area contributed by atoms with Gasteiger partial charge in [0.25, 0.3) is 0 Å². The molecule has 0 bridgehead atoms. The van der Waals surface area contributed by atoms with Crippen LogP contribution in [0.2, 0.25) is 5.02 Å². The Hall–Kier alpha value is -2.45. The zero-order valence-corrected chi connectivity index (χ0v) is 13.8. The van der Waals surface area contributed by atoms with Crippen molar-refractivity contribution in [1.82, 2.24) is 19.7 Å². The molecule has 9 heteroatoms. The molecule has 126 valence electrons. The fraction of sp³-hybridized carbons (Fsp3) is 0.267. The summed E-state index contributed by atoms with van der Waals surface area (Å²) in [5, 5.41) is 11.4. The smallest absolute Gasteiger partial charge is 0.226 e. The van der Waals surface area contributed by atoms with E-state index >= 15 is 0 Å². The molecule has 0 aliphatic heterocycles. The number of anilines is 2. The fourth-order valence-corrected chi connectivity index (χ4v) is 2.46. The molecule has 0 aliphatic carbocycles. The minimum absolute atomic E-state index is 0.0915. The second-order valence-electron chi connectivity index (χ2n) is 5.22. The lowest BCUT2D eigenvalue weighted by Gasteiger charge is -2.10. The summed E-state index contributed by atoms with van der Waals surface area (Å²) >= 11 is 5.81. The first-order chi connectivity index (χ1) is 11.6. The predicted octanol–water partition coefficient (Wildman–Crippen LogP) is 2.14. The lowest BCUT2D eigenvalue weighted by molar-refractivity contribution is 0.627. The number of aryl methyl sites for hydroxylation is 1. The topological polar surface area (TPSA) is 93.7 Å². The van der Waals surface area contributed by atoms with E-state index in [-0.39, 0.29) is 5.02 Å². The Bertz CT molecular complexity index is 864. The molecular formula is C15H17ClFN7. The van der Waals surface area contributed by atoms with Crippen molar-refractivity contribution < 1.29 is 4.39 Å². The predicted molar refractivity (Wildman–Crippen MR) is 92.6 cm³/mol. The van der Waals surface area contributed by atoms with E-state index in [0.29, 0.717) is 37.0 Å². The molecule has 4 N–H and O–H groups in total. The molecule has 24 heavy (non-hydrogen) atoms. The van der Waals surface area contributed by atoms with Crippen LogP contribution in [0.5, 0.6) is 0 Å². The van der Waals surface area contributed by atoms with Gasteiger partial charge in [-0.1, -0.05) is 17.7 Å². The van der Waals surface area contributed by atoms with Crippen LogP contribution < -0.4 is 16.4 Å². The molecule has 1 aromatic carbocycles. The molecule has 0 fully saturated rings. The highest BCUT2D eigenvalue weighted by Crippen LogP contribution is 2.23. The normalized spacial score (nSPS) is 11.0. The molecule has 0 spiro atoms. The van der Waals surface area contributed by atoms with Crippen LogP contribution in [0.25, 0.3) is 11.0 Å². The van der Waals surface area contributed by atoms with Gasteiger partial charge < -0.3 is 16.4 Å². The van der Waals surface area contributed by atoms with Gasteiger partial charge in [-0.05, 0) is 17.7 Å². The van der Waals surface area contributed by atoms with Gasteiger partial charge in [-0.3, -0.25) is 4.68 Å². The molecule has 3 rings (SSSR count). The number of fused-ring (bicyclic) bond motifs is 1. The molecule has 2 aromatic heterocycles. The Morgan fingerprint density at radius 1 is 1.29 bits per heavy atom. The zero-order chi connectivity index (χ0) is 17.1. The molecule has 2 heterocycles. The van der Waals surface area contributed by atoms with Crippen LogP contribution in [0, 0.1) is 5.82 Å². The monoisotopic (exact) mass is 349 g/mol. The average Bonchev–Trinajstić information content (AvgIpc) is 2.95. The Morgan fingerprint density at radius 2 is 2.12 bits per heavy atom. The van der Waals surface area contributed by atoms with Crippen molar-refractivity contribution in [2.45, 2.75) is 6.54 Å². The number of nitrogens with two attached hydrogens (primary N) is 1. The highest BCUT2D eigenvalue weighted by Gasteiger charge is 2.11. The van der Waals surface area contributed by atoms with Crippen LogP contribution in [0.1, 0.15) is 5.56 Å². The van der Waals surface area contributed by atoms with Gasteiger partial charge in [-0.15, -0.1) is 0 Å². The summed E-state index contributed by atoms with van der Waals surface area (Å²) in [6, 6.07) is 4.59. The van der Waals surface area contributed by atoms with Crippen LogP contribution in [-0.4, -0.2) is 32.8 Å². The molecular weight excluding hydrogens is 333 g/mol. The maximum atomic E-state index is 13.2. The zero-order valence-electron chi connectivity index (χ0n) is 13.1. The third-order valence-electron chi connectivity index (χ3n) is 3.46. The standard InChI is InChI=1S/C15H17ClFN7/c1-24-14-10(8-21-24)13(22-15(23-14)19-5-4-18)20-7-9-2-3-12(17)11(16)6-9/h2-3,6,8H,4-5,7,18H2,1H3,(H2,19,20,22,23). The minimum atomic E-state index is -0.439. The highest BCUT2D eigenvalue weighted by atomic mass is 35.5. The van der Waals surface area contributed by atoms with E-state index in [4.69, 9.17) is 17.3 Å². The third kappa shape index (κ3) is 3.39. The maximum absolute atomic E-state index is 13.2. The van der Waals surface area contributed by atoms with Crippen molar-refractivity contribution in [3.05, 3.63) is 40.8 Å². The van der Waals surface area contributed by atoms with Gasteiger partial charge in [0.1, 0.15) is 11.6 Å². The maximum Gasteiger partial charge on any atom is 0.226 e. The Balaban J connectivity index is 1.88. The summed E-state index contributed by atoms with van der Waals surface area (Å²) in [5.74, 6) is 0.662. The molecule has 0 radical (unpaired) electrons. The highest BCUT2D eigenvalue weighted by molar-refractivity contribution is 6.30. The van der Waals surface area contributed by atoms with E-state index in [1.807, 2.05) is 7.05 Å². The van der Waals surface area contributed by atoms with E-state index in [0.717, 1.165) is 10.9 Å². The van der Waals surface area contributed by atoms with Crippen molar-refractivity contribution >= 4 is 34.4 Å². The van der Waals surface area contributed by atoms with Gasteiger partial charge in [-0.2, -0.15) is 15.1 Å². The average molecular weight is 350 g/mol. The van der Waals surface area contributed by atoms with Crippen molar-refractivity contribution in [2.75, 3.05) is 23.7 Å². The van der Waals surface area contributed by atoms with Gasteiger partial charge in [0.15, 0.2) is 5.65 Å². The number of aromatic nitrogens is 4. The van der Waals surface area contributed by atoms with Crippen molar-refractivity contribution in [3.8, 4) is 0 Å². The summed E-state index contributed by atoms with van der Waals surface area (Å²) in [5.41, 5.74) is 7.04. The summed E-state index contributed by atoms with van der Waals surface area (Å²) < 4.78 is 14.9. The van der Waals surface area contributed by atoms with E-state index in [2.05, 4.69) is 25.7 Å². The molecule has 7 nitrogen and oxygen atoms in total. The van der Waals surface area contributed by atoms with Crippen molar-refractivity contribution in [3.63, 3.8) is 0 Å². The van der Waals surface area contributed by atoms with Crippen LogP contribution >= 0.6 is 11.6 Å². The van der Waals surface area contributed by atoms with Crippen molar-refractivity contribution in [2.24, 2.45) is 12.8 Å². The van der Waals surface area contributed by atoms with E-state index in [9.17, 15) is 4.39 Å². The van der Waals surface area contributed by atoms with E-state index in [1.54, 1.807) is 23.0 Å². The van der Waals surface area contributed by atoms with Crippen molar-refractivity contribution in [1.29, 1.82) is 0 Å². The molecule has 0 aliphatic rings. The van der Waals surface area contributed by atoms with E-state index < -0.39 is 5.82 Å². The quantitative estimate of drug-likeness (QED) is 0.631. The molecule has 0 atom stereocenters. The van der Waals surface area contributed by atoms with Crippen LogP contribution in [0.4, 0.5) is 16.2 Å². The number of hydrogen-bond donors (Lipinski definition) is 3. The molecule has 0 amide bonds. The molecule has 0 saturated heterocycles.